The molecule has 0 saturated carbocycles. The van der Waals surface area contributed by atoms with Crippen molar-refractivity contribution in [1.82, 2.24) is 4.98 Å². The van der Waals surface area contributed by atoms with Crippen molar-refractivity contribution < 1.29 is 0 Å². The number of thiazole rings is 1. The van der Waals surface area contributed by atoms with Gasteiger partial charge in [0.1, 0.15) is 0 Å². The molecule has 0 amide bonds. The minimum Gasteiger partial charge on any atom is -0.244 e. The maximum absolute atomic E-state index is 4.30. The SMILES string of the molecule is Cc1scnc1-c1ccccc1. The first kappa shape index (κ1) is 7.50. The van der Waals surface area contributed by atoms with Crippen LogP contribution in [-0.2, 0) is 0 Å². The normalized spacial score (nSPS) is 10.1. The van der Waals surface area contributed by atoms with Crippen LogP contribution in [0.25, 0.3) is 11.3 Å². The topological polar surface area (TPSA) is 12.9 Å². The third-order valence-corrected chi connectivity index (χ3v) is 2.55. The lowest BCUT2D eigenvalue weighted by molar-refractivity contribution is 1.38. The van der Waals surface area contributed by atoms with E-state index < -0.39 is 0 Å². The van der Waals surface area contributed by atoms with E-state index in [0.717, 1.165) is 5.69 Å². The lowest BCUT2D eigenvalue weighted by Crippen LogP contribution is -1.77. The highest BCUT2D eigenvalue weighted by Gasteiger charge is 2.02. The zero-order chi connectivity index (χ0) is 8.39. The van der Waals surface area contributed by atoms with E-state index in [4.69, 9.17) is 0 Å². The predicted molar refractivity (Wildman–Crippen MR) is 52.3 cm³/mol. The van der Waals surface area contributed by atoms with E-state index >= 15 is 0 Å². The summed E-state index contributed by atoms with van der Waals surface area (Å²) in [4.78, 5) is 5.58. The van der Waals surface area contributed by atoms with Crippen LogP contribution < -0.4 is 0 Å². The van der Waals surface area contributed by atoms with Crippen LogP contribution in [0.4, 0.5) is 0 Å². The molecule has 0 N–H and O–H groups in total. The molecule has 1 aromatic carbocycles. The van der Waals surface area contributed by atoms with Gasteiger partial charge < -0.3 is 0 Å². The second-order valence-electron chi connectivity index (χ2n) is 2.62. The zero-order valence-corrected chi connectivity index (χ0v) is 7.64. The maximum Gasteiger partial charge on any atom is 0.0840 e. The van der Waals surface area contributed by atoms with Crippen LogP contribution in [-0.4, -0.2) is 4.98 Å². The van der Waals surface area contributed by atoms with Gasteiger partial charge in [-0.25, -0.2) is 4.98 Å². The summed E-state index contributed by atoms with van der Waals surface area (Å²) in [6.07, 6.45) is 0. The van der Waals surface area contributed by atoms with Crippen molar-refractivity contribution in [2.24, 2.45) is 0 Å². The van der Waals surface area contributed by atoms with Gasteiger partial charge in [-0.05, 0) is 6.92 Å². The first-order valence-electron chi connectivity index (χ1n) is 3.83. The van der Waals surface area contributed by atoms with Crippen LogP contribution in [0.15, 0.2) is 35.8 Å². The molecule has 0 spiro atoms. The Kier molecular flexibility index (Phi) is 1.92. The van der Waals surface area contributed by atoms with Gasteiger partial charge in [0.25, 0.3) is 0 Å². The Hall–Kier alpha value is -1.15. The molecule has 2 heteroatoms. The predicted octanol–water partition coefficient (Wildman–Crippen LogP) is 3.12. The third-order valence-electron chi connectivity index (χ3n) is 1.79. The summed E-state index contributed by atoms with van der Waals surface area (Å²) in [5.41, 5.74) is 4.20. The second kappa shape index (κ2) is 3.07. The zero-order valence-electron chi connectivity index (χ0n) is 6.82. The summed E-state index contributed by atoms with van der Waals surface area (Å²) in [6.45, 7) is 2.10. The van der Waals surface area contributed by atoms with Gasteiger partial charge >= 0.3 is 0 Å². The fourth-order valence-corrected chi connectivity index (χ4v) is 1.78. The average Bonchev–Trinajstić information content (AvgIpc) is 2.53. The second-order valence-corrected chi connectivity index (χ2v) is 3.68. The number of aromatic nitrogens is 1. The Morgan fingerprint density at radius 3 is 2.50 bits per heavy atom. The molecule has 0 atom stereocenters. The maximum atomic E-state index is 4.30. The van der Waals surface area contributed by atoms with Gasteiger partial charge in [-0.2, -0.15) is 0 Å². The highest BCUT2D eigenvalue weighted by atomic mass is 32.1. The third kappa shape index (κ3) is 1.25. The Morgan fingerprint density at radius 1 is 1.17 bits per heavy atom. The Labute approximate surface area is 75.7 Å². The number of hydrogen-bond donors (Lipinski definition) is 0. The van der Waals surface area contributed by atoms with E-state index in [1.165, 1.54) is 10.4 Å². The van der Waals surface area contributed by atoms with Crippen molar-refractivity contribution in [2.75, 3.05) is 0 Å². The largest absolute Gasteiger partial charge is 0.244 e. The molecule has 0 aliphatic heterocycles. The summed E-state index contributed by atoms with van der Waals surface area (Å²) >= 11 is 1.69. The summed E-state index contributed by atoms with van der Waals surface area (Å²) < 4.78 is 0. The molecular formula is C10H9NS. The van der Waals surface area contributed by atoms with Crippen molar-refractivity contribution in [3.63, 3.8) is 0 Å². The molecule has 2 rings (SSSR count). The Balaban J connectivity index is 2.51. The van der Waals surface area contributed by atoms with Gasteiger partial charge in [0.05, 0.1) is 11.2 Å². The quantitative estimate of drug-likeness (QED) is 0.649. The minimum absolute atomic E-state index is 1.11. The van der Waals surface area contributed by atoms with Gasteiger partial charge in [-0.3, -0.25) is 0 Å². The molecule has 0 aliphatic rings. The highest BCUT2D eigenvalue weighted by Crippen LogP contribution is 2.23. The molecular weight excluding hydrogens is 166 g/mol. The van der Waals surface area contributed by atoms with Gasteiger partial charge in [0.15, 0.2) is 0 Å². The number of hydrogen-bond acceptors (Lipinski definition) is 2. The summed E-state index contributed by atoms with van der Waals surface area (Å²) in [5, 5.41) is 0. The van der Waals surface area contributed by atoms with Crippen molar-refractivity contribution in [2.45, 2.75) is 6.92 Å². The van der Waals surface area contributed by atoms with Crippen molar-refractivity contribution in [3.05, 3.63) is 40.7 Å². The van der Waals surface area contributed by atoms with Crippen molar-refractivity contribution in [1.29, 1.82) is 0 Å². The van der Waals surface area contributed by atoms with E-state index in [9.17, 15) is 0 Å². The van der Waals surface area contributed by atoms with Crippen LogP contribution in [0.5, 0.6) is 0 Å². The molecule has 0 fully saturated rings. The van der Waals surface area contributed by atoms with Gasteiger partial charge in [0.2, 0.25) is 0 Å². The number of benzene rings is 1. The monoisotopic (exact) mass is 175 g/mol. The Bertz CT molecular complexity index is 364. The molecule has 0 aliphatic carbocycles. The van der Waals surface area contributed by atoms with Crippen molar-refractivity contribution in [3.8, 4) is 11.3 Å². The van der Waals surface area contributed by atoms with E-state index in [1.54, 1.807) is 11.3 Å². The molecule has 0 saturated heterocycles. The fraction of sp³-hybridized carbons (Fsp3) is 0.100. The van der Waals surface area contributed by atoms with Crippen molar-refractivity contribution >= 4 is 11.3 Å². The van der Waals surface area contributed by atoms with Gasteiger partial charge in [-0.1, -0.05) is 30.3 Å². The van der Waals surface area contributed by atoms with E-state index in [2.05, 4.69) is 24.0 Å². The van der Waals surface area contributed by atoms with Crippen LogP contribution in [0.3, 0.4) is 0 Å². The standard InChI is InChI=1S/C10H9NS/c1-8-10(11-7-12-8)9-5-3-2-4-6-9/h2-7H,1H3. The van der Waals surface area contributed by atoms with E-state index in [-0.39, 0.29) is 0 Å². The summed E-state index contributed by atoms with van der Waals surface area (Å²) in [6, 6.07) is 10.3. The molecule has 1 nitrogen and oxygen atoms in total. The Morgan fingerprint density at radius 2 is 1.92 bits per heavy atom. The van der Waals surface area contributed by atoms with E-state index in [1.807, 2.05) is 23.7 Å². The molecule has 1 aromatic heterocycles. The number of aryl methyl sites for hydroxylation is 1. The lowest BCUT2D eigenvalue weighted by atomic mass is 10.1. The van der Waals surface area contributed by atoms with Crippen LogP contribution >= 0.6 is 11.3 Å². The first-order valence-corrected chi connectivity index (χ1v) is 4.71. The molecule has 0 bridgehead atoms. The number of rotatable bonds is 1. The molecule has 12 heavy (non-hydrogen) atoms. The smallest absolute Gasteiger partial charge is 0.0840 e. The van der Waals surface area contributed by atoms with Crippen LogP contribution in [0, 0.1) is 6.92 Å². The number of nitrogens with zero attached hydrogens (tertiary/aromatic N) is 1. The van der Waals surface area contributed by atoms with Gasteiger partial charge in [0, 0.05) is 10.4 Å². The van der Waals surface area contributed by atoms with Gasteiger partial charge in [-0.15, -0.1) is 11.3 Å². The molecule has 0 unspecified atom stereocenters. The highest BCUT2D eigenvalue weighted by molar-refractivity contribution is 7.10. The first-order chi connectivity index (χ1) is 5.88. The molecule has 0 radical (unpaired) electrons. The van der Waals surface area contributed by atoms with Crippen LogP contribution in [0.2, 0.25) is 0 Å². The molecule has 2 aromatic rings. The summed E-state index contributed by atoms with van der Waals surface area (Å²) in [5.74, 6) is 0. The summed E-state index contributed by atoms with van der Waals surface area (Å²) in [7, 11) is 0. The molecule has 60 valence electrons. The van der Waals surface area contributed by atoms with Crippen LogP contribution in [0.1, 0.15) is 4.88 Å². The lowest BCUT2D eigenvalue weighted by Gasteiger charge is -1.96. The fourth-order valence-electron chi connectivity index (χ4n) is 1.18. The minimum atomic E-state index is 1.11. The van der Waals surface area contributed by atoms with E-state index in [0.29, 0.717) is 0 Å². The average molecular weight is 175 g/mol. The molecule has 1 heterocycles.